The molecule has 0 aliphatic carbocycles. The number of amides is 2. The Hall–Kier alpha value is -3.45. The van der Waals surface area contributed by atoms with Crippen molar-refractivity contribution < 1.29 is 19.1 Å². The van der Waals surface area contributed by atoms with E-state index in [0.717, 1.165) is 23.4 Å². The summed E-state index contributed by atoms with van der Waals surface area (Å²) in [5.74, 6) is -1.61. The maximum atomic E-state index is 12.7. The van der Waals surface area contributed by atoms with Crippen molar-refractivity contribution in [2.45, 2.75) is 0 Å². The van der Waals surface area contributed by atoms with Crippen molar-refractivity contribution in [2.75, 3.05) is 12.0 Å². The highest BCUT2D eigenvalue weighted by atomic mass is 32.2. The van der Waals surface area contributed by atoms with Gasteiger partial charge in [0, 0.05) is 12.2 Å². The highest BCUT2D eigenvalue weighted by Gasteiger charge is 2.35. The standard InChI is InChI=1S/C21H16N2O4S/c1-27-19(25)14-17-20(26)23(16-10-6-3-7-11-16)21(28-17)22-18(24)13-12-15-8-4-2-5-9-15/h2-14H,1H3. The number of ether oxygens (including phenoxy) is 1. The Bertz CT molecular complexity index is 982. The Labute approximate surface area is 166 Å². The number of benzene rings is 2. The number of anilines is 1. The normalized spacial score (nSPS) is 16.9. The van der Waals surface area contributed by atoms with E-state index in [1.165, 1.54) is 18.1 Å². The van der Waals surface area contributed by atoms with Crippen molar-refractivity contribution in [3.05, 3.63) is 83.3 Å². The molecule has 140 valence electrons. The van der Waals surface area contributed by atoms with Gasteiger partial charge in [-0.25, -0.2) is 4.79 Å². The summed E-state index contributed by atoms with van der Waals surface area (Å²) in [5.41, 5.74) is 1.41. The molecule has 0 bridgehead atoms. The van der Waals surface area contributed by atoms with Crippen LogP contribution in [-0.4, -0.2) is 30.1 Å². The average Bonchev–Trinajstić information content (AvgIpc) is 3.02. The van der Waals surface area contributed by atoms with E-state index < -0.39 is 17.8 Å². The third-order valence-corrected chi connectivity index (χ3v) is 4.66. The molecule has 2 aromatic rings. The van der Waals surface area contributed by atoms with Gasteiger partial charge < -0.3 is 4.74 Å². The molecule has 0 unspecified atom stereocenters. The maximum Gasteiger partial charge on any atom is 0.331 e. The first-order chi connectivity index (χ1) is 13.6. The van der Waals surface area contributed by atoms with Crippen LogP contribution in [0, 0.1) is 0 Å². The van der Waals surface area contributed by atoms with E-state index >= 15 is 0 Å². The molecular weight excluding hydrogens is 376 g/mol. The quantitative estimate of drug-likeness (QED) is 0.589. The first kappa shape index (κ1) is 19.3. The van der Waals surface area contributed by atoms with E-state index in [2.05, 4.69) is 9.73 Å². The van der Waals surface area contributed by atoms with Crippen molar-refractivity contribution in [1.29, 1.82) is 0 Å². The molecule has 2 amide bonds. The number of hydrogen-bond acceptors (Lipinski definition) is 5. The number of esters is 1. The number of aliphatic imine (C=N–C) groups is 1. The maximum absolute atomic E-state index is 12.7. The molecular formula is C21H16N2O4S. The van der Waals surface area contributed by atoms with E-state index in [9.17, 15) is 14.4 Å². The van der Waals surface area contributed by atoms with E-state index in [0.29, 0.717) is 5.69 Å². The summed E-state index contributed by atoms with van der Waals surface area (Å²) >= 11 is 0.947. The highest BCUT2D eigenvalue weighted by Crippen LogP contribution is 2.34. The molecule has 7 heteroatoms. The molecule has 1 fully saturated rings. The summed E-state index contributed by atoms with van der Waals surface area (Å²) < 4.78 is 4.59. The predicted octanol–water partition coefficient (Wildman–Crippen LogP) is 3.42. The number of methoxy groups -OCH3 is 1. The average molecular weight is 392 g/mol. The minimum Gasteiger partial charge on any atom is -0.466 e. The predicted molar refractivity (Wildman–Crippen MR) is 110 cm³/mol. The lowest BCUT2D eigenvalue weighted by Crippen LogP contribution is -2.29. The number of para-hydroxylation sites is 1. The van der Waals surface area contributed by atoms with Crippen LogP contribution < -0.4 is 4.90 Å². The summed E-state index contributed by atoms with van der Waals surface area (Å²) in [5, 5.41) is 0.175. The van der Waals surface area contributed by atoms with Crippen LogP contribution in [0.1, 0.15) is 5.56 Å². The summed E-state index contributed by atoms with van der Waals surface area (Å²) in [6, 6.07) is 18.1. The molecule has 0 spiro atoms. The molecule has 0 aromatic heterocycles. The van der Waals surface area contributed by atoms with Gasteiger partial charge in [-0.05, 0) is 35.5 Å². The minimum atomic E-state index is -0.652. The number of amidine groups is 1. The van der Waals surface area contributed by atoms with E-state index in [1.807, 2.05) is 36.4 Å². The van der Waals surface area contributed by atoms with Crippen molar-refractivity contribution >= 4 is 46.5 Å². The zero-order valence-corrected chi connectivity index (χ0v) is 15.8. The number of rotatable bonds is 4. The highest BCUT2D eigenvalue weighted by molar-refractivity contribution is 8.19. The Kier molecular flexibility index (Phi) is 6.18. The lowest BCUT2D eigenvalue weighted by atomic mass is 10.2. The number of thioether (sulfide) groups is 1. The molecule has 6 nitrogen and oxygen atoms in total. The third-order valence-electron chi connectivity index (χ3n) is 3.69. The lowest BCUT2D eigenvalue weighted by molar-refractivity contribution is -0.135. The molecule has 1 aliphatic heterocycles. The van der Waals surface area contributed by atoms with E-state index in [4.69, 9.17) is 0 Å². The largest absolute Gasteiger partial charge is 0.466 e. The van der Waals surface area contributed by atoms with Crippen LogP contribution in [0.25, 0.3) is 6.08 Å². The van der Waals surface area contributed by atoms with Crippen LogP contribution >= 0.6 is 11.8 Å². The SMILES string of the molecule is COC(=O)C=C1SC(=NC(=O)C=Cc2ccccc2)N(c2ccccc2)C1=O. The van der Waals surface area contributed by atoms with Gasteiger partial charge in [-0.15, -0.1) is 0 Å². The number of carbonyl (C=O) groups excluding carboxylic acids is 3. The molecule has 1 heterocycles. The first-order valence-electron chi connectivity index (χ1n) is 8.31. The second kappa shape index (κ2) is 8.96. The summed E-state index contributed by atoms with van der Waals surface area (Å²) in [4.78, 5) is 42.1. The fourth-order valence-corrected chi connectivity index (χ4v) is 3.33. The minimum absolute atomic E-state index is 0.134. The topological polar surface area (TPSA) is 76.0 Å². The second-order valence-electron chi connectivity index (χ2n) is 5.59. The molecule has 0 radical (unpaired) electrons. The lowest BCUT2D eigenvalue weighted by Gasteiger charge is -2.14. The summed E-state index contributed by atoms with van der Waals surface area (Å²) in [7, 11) is 1.23. The van der Waals surface area contributed by atoms with Gasteiger partial charge in [0.1, 0.15) is 0 Å². The van der Waals surface area contributed by atoms with Crippen molar-refractivity contribution in [2.24, 2.45) is 4.99 Å². The van der Waals surface area contributed by atoms with Crippen LogP contribution in [0.4, 0.5) is 5.69 Å². The van der Waals surface area contributed by atoms with Gasteiger partial charge in [0.05, 0.1) is 17.7 Å². The monoisotopic (exact) mass is 392 g/mol. The third kappa shape index (κ3) is 4.63. The fourth-order valence-electron chi connectivity index (χ4n) is 2.38. The second-order valence-corrected chi connectivity index (χ2v) is 6.60. The van der Waals surface area contributed by atoms with Gasteiger partial charge >= 0.3 is 5.97 Å². The number of carbonyl (C=O) groups is 3. The Morgan fingerprint density at radius 1 is 1.04 bits per heavy atom. The number of nitrogens with zero attached hydrogens (tertiary/aromatic N) is 2. The molecule has 3 rings (SSSR count). The molecule has 0 atom stereocenters. The zero-order valence-electron chi connectivity index (χ0n) is 14.9. The van der Waals surface area contributed by atoms with Crippen molar-refractivity contribution in [3.8, 4) is 0 Å². The molecule has 0 N–H and O–H groups in total. The number of hydrogen-bond donors (Lipinski definition) is 0. The summed E-state index contributed by atoms with van der Waals surface area (Å²) in [6.45, 7) is 0. The van der Waals surface area contributed by atoms with Gasteiger partial charge in [0.25, 0.3) is 11.8 Å². The van der Waals surface area contributed by atoms with Gasteiger partial charge in [-0.1, -0.05) is 48.5 Å². The smallest absolute Gasteiger partial charge is 0.331 e. The van der Waals surface area contributed by atoms with Gasteiger partial charge in [0.15, 0.2) is 5.17 Å². The van der Waals surface area contributed by atoms with Gasteiger partial charge in [-0.2, -0.15) is 4.99 Å². The molecule has 1 aliphatic rings. The Morgan fingerprint density at radius 2 is 1.68 bits per heavy atom. The van der Waals surface area contributed by atoms with E-state index in [-0.39, 0.29) is 10.1 Å². The summed E-state index contributed by atoms with van der Waals surface area (Å²) in [6.07, 6.45) is 4.07. The van der Waals surface area contributed by atoms with Crippen LogP contribution in [0.15, 0.2) is 82.7 Å². The van der Waals surface area contributed by atoms with E-state index in [1.54, 1.807) is 30.3 Å². The molecule has 28 heavy (non-hydrogen) atoms. The zero-order chi connectivity index (χ0) is 19.9. The first-order valence-corrected chi connectivity index (χ1v) is 9.13. The van der Waals surface area contributed by atoms with Crippen LogP contribution in [0.2, 0.25) is 0 Å². The fraction of sp³-hybridized carbons (Fsp3) is 0.0476. The molecule has 1 saturated heterocycles. The Morgan fingerprint density at radius 3 is 2.32 bits per heavy atom. The van der Waals surface area contributed by atoms with Crippen molar-refractivity contribution in [1.82, 2.24) is 0 Å². The van der Waals surface area contributed by atoms with Crippen LogP contribution in [0.5, 0.6) is 0 Å². The van der Waals surface area contributed by atoms with Gasteiger partial charge in [0.2, 0.25) is 0 Å². The van der Waals surface area contributed by atoms with Crippen LogP contribution in [-0.2, 0) is 19.1 Å². The molecule has 2 aromatic carbocycles. The molecule has 0 saturated carbocycles. The van der Waals surface area contributed by atoms with Crippen LogP contribution in [0.3, 0.4) is 0 Å². The Balaban J connectivity index is 1.91. The van der Waals surface area contributed by atoms with Crippen molar-refractivity contribution in [3.63, 3.8) is 0 Å². The van der Waals surface area contributed by atoms with Gasteiger partial charge in [-0.3, -0.25) is 14.5 Å².